The van der Waals surface area contributed by atoms with Crippen LogP contribution in [0.15, 0.2) is 34.5 Å². The van der Waals surface area contributed by atoms with Crippen molar-refractivity contribution in [2.45, 2.75) is 69.9 Å². The van der Waals surface area contributed by atoms with E-state index in [1.807, 2.05) is 31.3 Å². The van der Waals surface area contributed by atoms with Gasteiger partial charge in [-0.1, -0.05) is 0 Å². The Bertz CT molecular complexity index is 1160. The summed E-state index contributed by atoms with van der Waals surface area (Å²) in [5, 5.41) is 13.0. The first-order valence-electron chi connectivity index (χ1n) is 12.2. The third-order valence-electron chi connectivity index (χ3n) is 6.91. The van der Waals surface area contributed by atoms with Gasteiger partial charge in [0.05, 0.1) is 29.8 Å². The van der Waals surface area contributed by atoms with E-state index in [0.717, 1.165) is 22.9 Å². The van der Waals surface area contributed by atoms with E-state index in [1.165, 1.54) is 10.5 Å². The summed E-state index contributed by atoms with van der Waals surface area (Å²) >= 11 is 0. The fraction of sp³-hybridized carbons (Fsp3) is 0.538. The molecule has 194 valence electrons. The molecule has 1 aromatic carbocycles. The number of halogens is 1. The molecule has 1 aromatic heterocycles. The number of hydrazone groups is 1. The largest absolute Gasteiger partial charge is 0.484 e. The molecule has 3 N–H and O–H groups in total. The summed E-state index contributed by atoms with van der Waals surface area (Å²) in [6.45, 7) is 6.43. The van der Waals surface area contributed by atoms with Crippen LogP contribution in [-0.2, 0) is 22.6 Å². The molecule has 2 saturated heterocycles. The van der Waals surface area contributed by atoms with E-state index in [-0.39, 0.29) is 6.10 Å². The second kappa shape index (κ2) is 10.5. The van der Waals surface area contributed by atoms with Gasteiger partial charge in [-0.3, -0.25) is 14.8 Å². The lowest BCUT2D eigenvalue weighted by atomic mass is 9.68. The molecule has 2 bridgehead atoms. The summed E-state index contributed by atoms with van der Waals surface area (Å²) in [7, 11) is 0. The number of carbonyl (C=O) groups excluding carboxylic acids is 1. The zero-order valence-electron chi connectivity index (χ0n) is 21.0. The van der Waals surface area contributed by atoms with Crippen LogP contribution in [0.5, 0.6) is 5.75 Å². The lowest BCUT2D eigenvalue weighted by Gasteiger charge is -2.43. The van der Waals surface area contributed by atoms with Gasteiger partial charge in [-0.15, -0.1) is 0 Å². The fourth-order valence-corrected chi connectivity index (χ4v) is 5.25. The Morgan fingerprint density at radius 2 is 2.14 bits per heavy atom. The number of ether oxygens (including phenoxy) is 2. The van der Waals surface area contributed by atoms with Crippen molar-refractivity contribution in [3.63, 3.8) is 0 Å². The lowest BCUT2D eigenvalue weighted by molar-refractivity contribution is -0.122. The number of nitrogens with zero attached hydrogens (tertiary/aromatic N) is 4. The Kier molecular flexibility index (Phi) is 7.56. The highest BCUT2D eigenvalue weighted by Crippen LogP contribution is 2.55. The molecule has 1 amide bonds. The first-order valence-corrected chi connectivity index (χ1v) is 12.2. The topological polar surface area (TPSA) is 123 Å². The van der Waals surface area contributed by atoms with Crippen molar-refractivity contribution in [3.05, 3.63) is 35.5 Å². The van der Waals surface area contributed by atoms with Crippen LogP contribution in [0, 0.1) is 0 Å². The molecule has 36 heavy (non-hydrogen) atoms. The van der Waals surface area contributed by atoms with Crippen molar-refractivity contribution in [1.29, 1.82) is 0 Å². The maximum absolute atomic E-state index is 13.5. The first-order chi connectivity index (χ1) is 17.2. The number of aliphatic hydroxyl groups excluding tert-OH is 1. The van der Waals surface area contributed by atoms with Crippen LogP contribution in [0.4, 0.5) is 4.39 Å². The Balaban J connectivity index is 0.000000709. The SMILES string of the molecule is CC(C)O.CC(Oc1ccc2ncc3c(c2c1)CCOC3)/C(C=NC12CN(C=O)C(CF)(C1)C2)=N/N. The molecule has 0 spiro atoms. The third kappa shape index (κ3) is 5.05. The number of alkyl halides is 1. The van der Waals surface area contributed by atoms with Gasteiger partial charge in [0, 0.05) is 43.3 Å². The number of amides is 1. The number of pyridine rings is 1. The van der Waals surface area contributed by atoms with Crippen molar-refractivity contribution in [1.82, 2.24) is 9.88 Å². The number of hydrogen-bond donors (Lipinski definition) is 2. The number of aromatic nitrogens is 1. The van der Waals surface area contributed by atoms with Crippen LogP contribution in [-0.4, -0.2) is 76.4 Å². The minimum atomic E-state index is -0.690. The first kappa shape index (κ1) is 26.0. The molecule has 6 rings (SSSR count). The third-order valence-corrected chi connectivity index (χ3v) is 6.91. The summed E-state index contributed by atoms with van der Waals surface area (Å²) in [6, 6.07) is 5.81. The molecular formula is C26H34FN5O4. The average Bonchev–Trinajstić information content (AvgIpc) is 3.34. The number of benzene rings is 1. The maximum atomic E-state index is 13.5. The van der Waals surface area contributed by atoms with Crippen molar-refractivity contribution < 1.29 is 23.8 Å². The maximum Gasteiger partial charge on any atom is 0.210 e. The van der Waals surface area contributed by atoms with Crippen LogP contribution < -0.4 is 10.6 Å². The number of carbonyl (C=O) groups is 1. The zero-order chi connectivity index (χ0) is 25.9. The molecular weight excluding hydrogens is 465 g/mol. The molecule has 3 fully saturated rings. The van der Waals surface area contributed by atoms with Crippen LogP contribution in [0.25, 0.3) is 10.9 Å². The quantitative estimate of drug-likeness (QED) is 0.261. The van der Waals surface area contributed by atoms with Gasteiger partial charge in [0.1, 0.15) is 24.2 Å². The lowest BCUT2D eigenvalue weighted by Crippen LogP contribution is -2.53. The molecule has 1 saturated carbocycles. The van der Waals surface area contributed by atoms with Crippen LogP contribution in [0.3, 0.4) is 0 Å². The van der Waals surface area contributed by atoms with Gasteiger partial charge in [-0.05, 0) is 56.5 Å². The molecule has 3 aliphatic heterocycles. The van der Waals surface area contributed by atoms with Gasteiger partial charge in [0.2, 0.25) is 6.41 Å². The minimum absolute atomic E-state index is 0.167. The van der Waals surface area contributed by atoms with Gasteiger partial charge < -0.3 is 25.3 Å². The van der Waals surface area contributed by atoms with Gasteiger partial charge in [-0.25, -0.2) is 4.39 Å². The van der Waals surface area contributed by atoms with Crippen LogP contribution >= 0.6 is 0 Å². The molecule has 1 aliphatic carbocycles. The number of nitrogens with two attached hydrogens (primary N) is 1. The summed E-state index contributed by atoms with van der Waals surface area (Å²) in [5.74, 6) is 6.31. The van der Waals surface area contributed by atoms with Crippen molar-refractivity contribution in [2.24, 2.45) is 15.9 Å². The number of aliphatic hydroxyl groups is 1. The van der Waals surface area contributed by atoms with E-state index in [0.29, 0.717) is 50.5 Å². The molecule has 2 aromatic rings. The highest BCUT2D eigenvalue weighted by molar-refractivity contribution is 6.32. The van der Waals surface area contributed by atoms with Gasteiger partial charge in [-0.2, -0.15) is 5.10 Å². The molecule has 1 unspecified atom stereocenters. The summed E-state index contributed by atoms with van der Waals surface area (Å²) < 4.78 is 25.1. The monoisotopic (exact) mass is 499 g/mol. The van der Waals surface area contributed by atoms with Crippen molar-refractivity contribution in [3.8, 4) is 5.75 Å². The average molecular weight is 500 g/mol. The predicted octanol–water partition coefficient (Wildman–Crippen LogP) is 2.56. The number of fused-ring (bicyclic) bond motifs is 4. The zero-order valence-corrected chi connectivity index (χ0v) is 21.0. The van der Waals surface area contributed by atoms with E-state index in [9.17, 15) is 9.18 Å². The van der Waals surface area contributed by atoms with E-state index in [1.54, 1.807) is 20.1 Å². The van der Waals surface area contributed by atoms with Crippen molar-refractivity contribution >= 4 is 29.2 Å². The summed E-state index contributed by atoms with van der Waals surface area (Å²) in [6.07, 6.45) is 5.47. The summed E-state index contributed by atoms with van der Waals surface area (Å²) in [4.78, 5) is 22.0. The van der Waals surface area contributed by atoms with Gasteiger partial charge >= 0.3 is 0 Å². The fourth-order valence-electron chi connectivity index (χ4n) is 5.25. The Hall–Kier alpha value is -3.11. The molecule has 1 atom stereocenters. The highest BCUT2D eigenvalue weighted by atomic mass is 19.1. The Labute approximate surface area is 210 Å². The number of aliphatic imine (C=N–C) groups is 1. The summed E-state index contributed by atoms with van der Waals surface area (Å²) in [5.41, 5.74) is 2.60. The Morgan fingerprint density at radius 3 is 2.78 bits per heavy atom. The smallest absolute Gasteiger partial charge is 0.210 e. The van der Waals surface area contributed by atoms with Gasteiger partial charge in [0.15, 0.2) is 0 Å². The molecule has 9 nitrogen and oxygen atoms in total. The second-order valence-corrected chi connectivity index (χ2v) is 10.1. The van der Waals surface area contributed by atoms with Crippen LogP contribution in [0.2, 0.25) is 0 Å². The predicted molar refractivity (Wildman–Crippen MR) is 136 cm³/mol. The van der Waals surface area contributed by atoms with E-state index in [2.05, 4.69) is 15.1 Å². The molecule has 0 radical (unpaired) electrons. The normalized spacial score (nSPS) is 25.8. The van der Waals surface area contributed by atoms with Gasteiger partial charge in [0.25, 0.3) is 0 Å². The molecule has 4 heterocycles. The van der Waals surface area contributed by atoms with E-state index in [4.69, 9.17) is 20.4 Å². The minimum Gasteiger partial charge on any atom is -0.484 e. The Morgan fingerprint density at radius 1 is 1.39 bits per heavy atom. The van der Waals surface area contributed by atoms with Crippen molar-refractivity contribution in [2.75, 3.05) is 19.8 Å². The second-order valence-electron chi connectivity index (χ2n) is 10.1. The van der Waals surface area contributed by atoms with Crippen LogP contribution in [0.1, 0.15) is 44.7 Å². The standard InChI is InChI=1S/C23H26FN5O3.C3H8O/c1-15(21(28-25)8-27-22-10-23(11-22,12-24)29(13-22)14-30)32-17-2-3-20-19(6-17)18-4-5-31-9-16(18)7-26-20;1-3(2)4/h2-3,6-8,14-15H,4-5,9-13,25H2,1H3;3-4H,1-2H3/b27-8?,28-21+;. The van der Waals surface area contributed by atoms with E-state index < -0.39 is 23.9 Å². The molecule has 10 heteroatoms. The molecule has 4 aliphatic rings. The highest BCUT2D eigenvalue weighted by Gasteiger charge is 2.65. The number of hydrogen-bond acceptors (Lipinski definition) is 8. The number of rotatable bonds is 7. The van der Waals surface area contributed by atoms with E-state index >= 15 is 0 Å².